The summed E-state index contributed by atoms with van der Waals surface area (Å²) >= 11 is 22.7. The maximum absolute atomic E-state index is 6.04. The zero-order chi connectivity index (χ0) is 13.8. The average molecular weight is 348 g/mol. The van der Waals surface area contributed by atoms with Gasteiger partial charge in [-0.2, -0.15) is 0 Å². The van der Waals surface area contributed by atoms with Crippen molar-refractivity contribution in [3.05, 3.63) is 39.3 Å². The van der Waals surface area contributed by atoms with Gasteiger partial charge in [0.05, 0.1) is 5.02 Å². The maximum Gasteiger partial charge on any atom is 0.380 e. The van der Waals surface area contributed by atoms with Gasteiger partial charge in [-0.15, -0.1) is 0 Å². The van der Waals surface area contributed by atoms with E-state index in [4.69, 9.17) is 60.2 Å². The number of hydrogen-bond donors (Lipinski definition) is 0. The van der Waals surface area contributed by atoms with Gasteiger partial charge in [-0.1, -0.05) is 34.8 Å². The Labute approximate surface area is 126 Å². The summed E-state index contributed by atoms with van der Waals surface area (Å²) in [6, 6.07) is 4.90. The van der Waals surface area contributed by atoms with Crippen LogP contribution >= 0.6 is 41.5 Å². The van der Waals surface area contributed by atoms with Gasteiger partial charge < -0.3 is 13.6 Å². The molecule has 18 heavy (non-hydrogen) atoms. The summed E-state index contributed by atoms with van der Waals surface area (Å²) in [5.74, 6) is 0.246. The normalized spacial score (nSPS) is 12.6. The Bertz CT molecular complexity index is 499. The number of hydrogen-bond acceptors (Lipinski definition) is 4. The fourth-order valence-corrected chi connectivity index (χ4v) is 2.62. The fraction of sp³-hybridized carbons (Fsp3) is 0.200. The van der Waals surface area contributed by atoms with Crippen LogP contribution in [0.1, 0.15) is 5.56 Å². The highest BCUT2D eigenvalue weighted by Gasteiger charge is 2.22. The van der Waals surface area contributed by atoms with Crippen molar-refractivity contribution < 1.29 is 13.6 Å². The van der Waals surface area contributed by atoms with Gasteiger partial charge in [0.15, 0.2) is 0 Å². The highest BCUT2D eigenvalue weighted by molar-refractivity contribution is 8.07. The summed E-state index contributed by atoms with van der Waals surface area (Å²) < 4.78 is 15.5. The third-order valence-electron chi connectivity index (χ3n) is 1.95. The van der Waals surface area contributed by atoms with E-state index in [0.717, 1.165) is 0 Å². The fourth-order valence-electron chi connectivity index (χ4n) is 1.08. The van der Waals surface area contributed by atoms with Crippen LogP contribution in [0.2, 0.25) is 10.0 Å². The molecule has 0 aromatic heterocycles. The standard InChI is InChI=1S/C10H10Cl3O3PS/c1-14-17(18,15-2)16-10(6-11)8-5-7(12)3-4-9(8)13/h3-6H,1-2H3/b10-6-. The molecule has 100 valence electrons. The van der Waals surface area contributed by atoms with Gasteiger partial charge in [0.25, 0.3) is 0 Å². The van der Waals surface area contributed by atoms with E-state index in [-0.39, 0.29) is 5.76 Å². The molecule has 0 bridgehead atoms. The molecule has 0 unspecified atom stereocenters. The Balaban J connectivity index is 3.12. The molecule has 0 aliphatic heterocycles. The van der Waals surface area contributed by atoms with E-state index in [1.807, 2.05) is 0 Å². The third-order valence-corrected chi connectivity index (χ3v) is 5.15. The molecule has 1 rings (SSSR count). The van der Waals surface area contributed by atoms with Gasteiger partial charge in [0.2, 0.25) is 0 Å². The average Bonchev–Trinajstić information content (AvgIpc) is 2.39. The molecule has 0 fully saturated rings. The summed E-state index contributed by atoms with van der Waals surface area (Å²) in [5, 5.41) is 0.928. The van der Waals surface area contributed by atoms with E-state index in [0.29, 0.717) is 15.6 Å². The largest absolute Gasteiger partial charge is 0.422 e. The van der Waals surface area contributed by atoms with Crippen LogP contribution in [0.4, 0.5) is 0 Å². The predicted molar refractivity (Wildman–Crippen MR) is 79.7 cm³/mol. The topological polar surface area (TPSA) is 27.7 Å². The van der Waals surface area contributed by atoms with Crippen LogP contribution in [0.3, 0.4) is 0 Å². The summed E-state index contributed by atoms with van der Waals surface area (Å²) in [5.41, 5.74) is 1.72. The number of rotatable bonds is 5. The Hall–Kier alpha value is 0.200. The molecule has 0 aliphatic rings. The van der Waals surface area contributed by atoms with Crippen molar-refractivity contribution in [2.75, 3.05) is 14.2 Å². The highest BCUT2D eigenvalue weighted by atomic mass is 35.5. The van der Waals surface area contributed by atoms with E-state index in [2.05, 4.69) is 0 Å². The van der Waals surface area contributed by atoms with Crippen LogP contribution in [0.5, 0.6) is 0 Å². The van der Waals surface area contributed by atoms with E-state index in [9.17, 15) is 0 Å². The molecule has 1 aromatic rings. The zero-order valence-corrected chi connectivity index (χ0v) is 13.5. The molecule has 0 spiro atoms. The molecule has 0 heterocycles. The lowest BCUT2D eigenvalue weighted by Gasteiger charge is -2.20. The first kappa shape index (κ1) is 16.3. The van der Waals surface area contributed by atoms with Crippen LogP contribution in [0, 0.1) is 0 Å². The van der Waals surface area contributed by atoms with Gasteiger partial charge in [0.1, 0.15) is 5.76 Å². The molecule has 3 nitrogen and oxygen atoms in total. The van der Waals surface area contributed by atoms with E-state index < -0.39 is 6.72 Å². The zero-order valence-electron chi connectivity index (χ0n) is 9.52. The molecular formula is C10H10Cl3O3PS. The van der Waals surface area contributed by atoms with Crippen molar-refractivity contribution >= 4 is 59.1 Å². The minimum absolute atomic E-state index is 0.246. The Morgan fingerprint density at radius 2 is 1.89 bits per heavy atom. The summed E-state index contributed by atoms with van der Waals surface area (Å²) in [6.45, 7) is -2.88. The van der Waals surface area contributed by atoms with Crippen molar-refractivity contribution in [2.24, 2.45) is 0 Å². The Kier molecular flexibility index (Phi) is 6.42. The summed E-state index contributed by atoms with van der Waals surface area (Å²) in [4.78, 5) is 0. The lowest BCUT2D eigenvalue weighted by molar-refractivity contribution is 0.262. The lowest BCUT2D eigenvalue weighted by atomic mass is 10.2. The van der Waals surface area contributed by atoms with Gasteiger partial charge in [0, 0.05) is 42.1 Å². The van der Waals surface area contributed by atoms with Gasteiger partial charge in [-0.25, -0.2) is 0 Å². The molecule has 0 atom stereocenters. The van der Waals surface area contributed by atoms with E-state index in [1.165, 1.54) is 19.8 Å². The van der Waals surface area contributed by atoms with Crippen LogP contribution in [-0.4, -0.2) is 14.2 Å². The molecular weight excluding hydrogens is 338 g/mol. The molecule has 8 heteroatoms. The number of benzene rings is 1. The van der Waals surface area contributed by atoms with Crippen molar-refractivity contribution in [3.63, 3.8) is 0 Å². The highest BCUT2D eigenvalue weighted by Crippen LogP contribution is 2.52. The van der Waals surface area contributed by atoms with Crippen molar-refractivity contribution in [1.82, 2.24) is 0 Å². The number of halogens is 3. The first-order valence-electron chi connectivity index (χ1n) is 4.62. The quantitative estimate of drug-likeness (QED) is 0.549. The first-order valence-corrected chi connectivity index (χ1v) is 8.37. The second kappa shape index (κ2) is 7.11. The second-order valence-corrected chi connectivity index (χ2v) is 7.21. The van der Waals surface area contributed by atoms with Crippen LogP contribution < -0.4 is 0 Å². The van der Waals surface area contributed by atoms with Crippen LogP contribution in [0.25, 0.3) is 5.76 Å². The minimum Gasteiger partial charge on any atom is -0.422 e. The minimum atomic E-state index is -2.88. The van der Waals surface area contributed by atoms with Gasteiger partial charge >= 0.3 is 6.72 Å². The monoisotopic (exact) mass is 346 g/mol. The molecule has 0 saturated heterocycles. The summed E-state index contributed by atoms with van der Waals surface area (Å²) in [7, 11) is 2.80. The SMILES string of the molecule is COP(=S)(OC)O/C(=C\Cl)c1cc(Cl)ccc1Cl. The van der Waals surface area contributed by atoms with E-state index in [1.54, 1.807) is 18.2 Å². The molecule has 0 saturated carbocycles. The van der Waals surface area contributed by atoms with Gasteiger partial charge in [-0.3, -0.25) is 0 Å². The molecule has 1 aromatic carbocycles. The molecule has 0 aliphatic carbocycles. The molecule has 0 amide bonds. The predicted octanol–water partition coefficient (Wildman–Crippen LogP) is 5.06. The lowest BCUT2D eigenvalue weighted by Crippen LogP contribution is -1.95. The Morgan fingerprint density at radius 1 is 1.28 bits per heavy atom. The third kappa shape index (κ3) is 4.10. The second-order valence-electron chi connectivity index (χ2n) is 3.00. The maximum atomic E-state index is 6.04. The smallest absolute Gasteiger partial charge is 0.380 e. The van der Waals surface area contributed by atoms with Crippen molar-refractivity contribution in [3.8, 4) is 0 Å². The van der Waals surface area contributed by atoms with Crippen molar-refractivity contribution in [2.45, 2.75) is 0 Å². The van der Waals surface area contributed by atoms with Crippen LogP contribution in [0.15, 0.2) is 23.7 Å². The first-order chi connectivity index (χ1) is 8.45. The molecule has 0 radical (unpaired) electrons. The van der Waals surface area contributed by atoms with Gasteiger partial charge in [-0.05, 0) is 18.2 Å². The van der Waals surface area contributed by atoms with E-state index >= 15 is 0 Å². The summed E-state index contributed by atoms with van der Waals surface area (Å²) in [6.07, 6.45) is 0. The Morgan fingerprint density at radius 3 is 2.39 bits per heavy atom. The van der Waals surface area contributed by atoms with Crippen molar-refractivity contribution in [1.29, 1.82) is 0 Å². The van der Waals surface area contributed by atoms with Crippen LogP contribution in [-0.2, 0) is 25.4 Å². The molecule has 0 N–H and O–H groups in total.